The molecule has 0 aliphatic carbocycles. The highest BCUT2D eigenvalue weighted by atomic mass is 32.1. The van der Waals surface area contributed by atoms with Gasteiger partial charge in [-0.05, 0) is 35.9 Å². The Morgan fingerprint density at radius 3 is 2.78 bits per heavy atom. The Hall–Kier alpha value is -2.07. The van der Waals surface area contributed by atoms with Gasteiger partial charge < -0.3 is 11.1 Å². The van der Waals surface area contributed by atoms with Gasteiger partial charge in [-0.2, -0.15) is 0 Å². The molecule has 0 aliphatic rings. The van der Waals surface area contributed by atoms with Gasteiger partial charge in [0.1, 0.15) is 0 Å². The second-order valence-electron chi connectivity index (χ2n) is 4.13. The first-order valence-electron chi connectivity index (χ1n) is 5.73. The molecule has 90 valence electrons. The average Bonchev–Trinajstić information content (AvgIpc) is 2.85. The highest BCUT2D eigenvalue weighted by molar-refractivity contribution is 7.16. The van der Waals surface area contributed by atoms with Gasteiger partial charge in [0.15, 0.2) is 0 Å². The molecule has 0 aliphatic heterocycles. The average molecular weight is 255 g/mol. The van der Waals surface area contributed by atoms with Crippen molar-refractivity contribution < 1.29 is 0 Å². The third-order valence-electron chi connectivity index (χ3n) is 2.81. The van der Waals surface area contributed by atoms with Crippen molar-refractivity contribution >= 4 is 32.9 Å². The van der Waals surface area contributed by atoms with Crippen LogP contribution in [-0.2, 0) is 6.54 Å². The number of benzene rings is 2. The van der Waals surface area contributed by atoms with E-state index < -0.39 is 0 Å². The van der Waals surface area contributed by atoms with Crippen molar-refractivity contribution in [2.75, 3.05) is 11.1 Å². The number of hydrogen-bond acceptors (Lipinski definition) is 4. The Bertz CT molecular complexity index is 658. The number of aromatic nitrogens is 1. The molecule has 0 unspecified atom stereocenters. The molecule has 0 saturated heterocycles. The number of thiazole rings is 1. The number of nitrogen functional groups attached to an aromatic ring is 1. The predicted molar refractivity (Wildman–Crippen MR) is 77.8 cm³/mol. The lowest BCUT2D eigenvalue weighted by Gasteiger charge is -2.06. The van der Waals surface area contributed by atoms with Crippen LogP contribution in [0, 0.1) is 0 Å². The normalized spacial score (nSPS) is 10.7. The molecular formula is C14H13N3S. The minimum Gasteiger partial charge on any atom is -0.399 e. The van der Waals surface area contributed by atoms with Crippen molar-refractivity contribution in [1.29, 1.82) is 0 Å². The van der Waals surface area contributed by atoms with Crippen molar-refractivity contribution in [3.63, 3.8) is 0 Å². The summed E-state index contributed by atoms with van der Waals surface area (Å²) in [6.45, 7) is 0.788. The molecule has 3 aromatic rings. The van der Waals surface area contributed by atoms with Crippen LogP contribution < -0.4 is 11.1 Å². The van der Waals surface area contributed by atoms with Crippen molar-refractivity contribution in [3.8, 4) is 0 Å². The van der Waals surface area contributed by atoms with E-state index in [1.807, 2.05) is 29.8 Å². The first-order chi connectivity index (χ1) is 8.81. The van der Waals surface area contributed by atoms with Gasteiger partial charge >= 0.3 is 0 Å². The molecule has 1 heterocycles. The van der Waals surface area contributed by atoms with Gasteiger partial charge in [0.2, 0.25) is 0 Å². The molecule has 0 fully saturated rings. The summed E-state index contributed by atoms with van der Waals surface area (Å²) in [5.41, 5.74) is 11.7. The van der Waals surface area contributed by atoms with Crippen LogP contribution in [0.4, 0.5) is 11.4 Å². The number of nitrogens with zero attached hydrogens (tertiary/aromatic N) is 1. The van der Waals surface area contributed by atoms with Crippen LogP contribution in [0.5, 0.6) is 0 Å². The molecule has 3 N–H and O–H groups in total. The van der Waals surface area contributed by atoms with E-state index in [1.54, 1.807) is 11.3 Å². The van der Waals surface area contributed by atoms with Crippen LogP contribution in [0.25, 0.3) is 10.2 Å². The van der Waals surface area contributed by atoms with Crippen LogP contribution >= 0.6 is 11.3 Å². The van der Waals surface area contributed by atoms with Gasteiger partial charge in [-0.25, -0.2) is 4.98 Å². The predicted octanol–water partition coefficient (Wildman–Crippen LogP) is 3.49. The summed E-state index contributed by atoms with van der Waals surface area (Å²) in [5.74, 6) is 0. The molecular weight excluding hydrogens is 242 g/mol. The number of fused-ring (bicyclic) bond motifs is 1. The SMILES string of the molecule is Nc1ccc(CNc2ccc3scnc3c2)cc1. The molecule has 0 radical (unpaired) electrons. The number of nitrogens with two attached hydrogens (primary N) is 1. The van der Waals surface area contributed by atoms with E-state index in [0.29, 0.717) is 0 Å². The van der Waals surface area contributed by atoms with Crippen molar-refractivity contribution in [3.05, 3.63) is 53.5 Å². The Morgan fingerprint density at radius 2 is 1.94 bits per heavy atom. The Balaban J connectivity index is 1.74. The number of nitrogens with one attached hydrogen (secondary N) is 1. The summed E-state index contributed by atoms with van der Waals surface area (Å²) in [6.07, 6.45) is 0. The highest BCUT2D eigenvalue weighted by Gasteiger charge is 1.99. The minimum atomic E-state index is 0.788. The number of hydrogen-bond donors (Lipinski definition) is 2. The fourth-order valence-corrected chi connectivity index (χ4v) is 2.47. The maximum Gasteiger partial charge on any atom is 0.0832 e. The van der Waals surface area contributed by atoms with E-state index >= 15 is 0 Å². The summed E-state index contributed by atoms with van der Waals surface area (Å²) < 4.78 is 1.22. The zero-order valence-corrected chi connectivity index (χ0v) is 10.6. The molecule has 4 heteroatoms. The van der Waals surface area contributed by atoms with Crippen molar-refractivity contribution in [2.45, 2.75) is 6.54 Å². The minimum absolute atomic E-state index is 0.788. The molecule has 1 aromatic heterocycles. The van der Waals surface area contributed by atoms with E-state index in [4.69, 9.17) is 5.73 Å². The lowest BCUT2D eigenvalue weighted by molar-refractivity contribution is 1.15. The van der Waals surface area contributed by atoms with E-state index in [1.165, 1.54) is 10.3 Å². The van der Waals surface area contributed by atoms with E-state index in [-0.39, 0.29) is 0 Å². The molecule has 3 nitrogen and oxygen atoms in total. The number of anilines is 2. The van der Waals surface area contributed by atoms with E-state index in [2.05, 4.69) is 28.5 Å². The van der Waals surface area contributed by atoms with Gasteiger partial charge in [-0.1, -0.05) is 12.1 Å². The summed E-state index contributed by atoms with van der Waals surface area (Å²) in [6, 6.07) is 14.1. The lowest BCUT2D eigenvalue weighted by atomic mass is 10.2. The monoisotopic (exact) mass is 255 g/mol. The van der Waals surface area contributed by atoms with E-state index in [0.717, 1.165) is 23.4 Å². The first kappa shape index (κ1) is 11.0. The Labute approximate surface area is 109 Å². The van der Waals surface area contributed by atoms with Gasteiger partial charge in [0.25, 0.3) is 0 Å². The highest BCUT2D eigenvalue weighted by Crippen LogP contribution is 2.21. The van der Waals surface area contributed by atoms with Crippen LogP contribution in [-0.4, -0.2) is 4.98 Å². The summed E-state index contributed by atoms with van der Waals surface area (Å²) >= 11 is 1.66. The zero-order chi connectivity index (χ0) is 12.4. The summed E-state index contributed by atoms with van der Waals surface area (Å²) in [7, 11) is 0. The molecule has 2 aromatic carbocycles. The Morgan fingerprint density at radius 1 is 1.11 bits per heavy atom. The quantitative estimate of drug-likeness (QED) is 0.704. The third kappa shape index (κ3) is 2.28. The van der Waals surface area contributed by atoms with E-state index in [9.17, 15) is 0 Å². The van der Waals surface area contributed by atoms with Gasteiger partial charge in [-0.3, -0.25) is 0 Å². The molecule has 0 atom stereocenters. The fourth-order valence-electron chi connectivity index (χ4n) is 1.81. The first-order valence-corrected chi connectivity index (χ1v) is 6.61. The lowest BCUT2D eigenvalue weighted by Crippen LogP contribution is -1.99. The summed E-state index contributed by atoms with van der Waals surface area (Å²) in [4.78, 5) is 4.31. The second-order valence-corrected chi connectivity index (χ2v) is 5.02. The van der Waals surface area contributed by atoms with Crippen LogP contribution in [0.1, 0.15) is 5.56 Å². The maximum atomic E-state index is 5.66. The second kappa shape index (κ2) is 4.66. The van der Waals surface area contributed by atoms with Crippen molar-refractivity contribution in [1.82, 2.24) is 4.98 Å². The molecule has 0 spiro atoms. The number of rotatable bonds is 3. The largest absolute Gasteiger partial charge is 0.399 e. The van der Waals surface area contributed by atoms with Gasteiger partial charge in [-0.15, -0.1) is 11.3 Å². The topological polar surface area (TPSA) is 50.9 Å². The molecule has 18 heavy (non-hydrogen) atoms. The van der Waals surface area contributed by atoms with Crippen molar-refractivity contribution in [2.24, 2.45) is 0 Å². The molecule has 0 saturated carbocycles. The molecule has 0 bridgehead atoms. The fraction of sp³-hybridized carbons (Fsp3) is 0.0714. The van der Waals surface area contributed by atoms with Crippen LogP contribution in [0.3, 0.4) is 0 Å². The zero-order valence-electron chi connectivity index (χ0n) is 9.76. The molecule has 3 rings (SSSR count). The van der Waals surface area contributed by atoms with Crippen LogP contribution in [0.2, 0.25) is 0 Å². The van der Waals surface area contributed by atoms with Gasteiger partial charge in [0.05, 0.1) is 15.7 Å². The molecule has 0 amide bonds. The standard InChI is InChI=1S/C14H13N3S/c15-11-3-1-10(2-4-11)8-16-12-5-6-14-13(7-12)17-9-18-14/h1-7,9,16H,8,15H2. The smallest absolute Gasteiger partial charge is 0.0832 e. The van der Waals surface area contributed by atoms with Crippen LogP contribution in [0.15, 0.2) is 48.0 Å². The maximum absolute atomic E-state index is 5.66. The summed E-state index contributed by atoms with van der Waals surface area (Å²) in [5, 5.41) is 3.39. The third-order valence-corrected chi connectivity index (χ3v) is 3.62. The van der Waals surface area contributed by atoms with Gasteiger partial charge in [0, 0.05) is 17.9 Å². The Kier molecular flexibility index (Phi) is 2.86.